The van der Waals surface area contributed by atoms with Crippen molar-refractivity contribution in [3.8, 4) is 5.69 Å². The molecule has 0 unspecified atom stereocenters. The van der Waals surface area contributed by atoms with Crippen molar-refractivity contribution in [2.75, 3.05) is 26.2 Å². The molecule has 1 saturated heterocycles. The largest absolute Gasteiger partial charge is 0.336 e. The van der Waals surface area contributed by atoms with Gasteiger partial charge in [-0.05, 0) is 37.6 Å². The first-order valence-electron chi connectivity index (χ1n) is 9.95. The number of carbonyl (C=O) groups is 1. The van der Waals surface area contributed by atoms with Crippen LogP contribution in [-0.2, 0) is 10.0 Å². The molecule has 0 radical (unpaired) electrons. The lowest BCUT2D eigenvalue weighted by Gasteiger charge is -2.34. The van der Waals surface area contributed by atoms with Gasteiger partial charge in [-0.1, -0.05) is 30.3 Å². The van der Waals surface area contributed by atoms with Gasteiger partial charge in [-0.2, -0.15) is 9.40 Å². The molecule has 2 heterocycles. The van der Waals surface area contributed by atoms with Crippen LogP contribution < -0.4 is 0 Å². The molecule has 7 nitrogen and oxygen atoms in total. The third-order valence-electron chi connectivity index (χ3n) is 5.56. The number of nitrogens with zero attached hydrogens (tertiary/aromatic N) is 4. The van der Waals surface area contributed by atoms with Crippen LogP contribution in [0.4, 0.5) is 4.39 Å². The minimum Gasteiger partial charge on any atom is -0.336 e. The van der Waals surface area contributed by atoms with E-state index in [1.165, 1.54) is 22.5 Å². The molecule has 0 atom stereocenters. The Morgan fingerprint density at radius 2 is 1.61 bits per heavy atom. The number of hydrogen-bond acceptors (Lipinski definition) is 4. The summed E-state index contributed by atoms with van der Waals surface area (Å²) < 4.78 is 42.5. The Hall–Kier alpha value is -3.04. The number of piperazine rings is 1. The van der Waals surface area contributed by atoms with Gasteiger partial charge in [-0.25, -0.2) is 17.5 Å². The predicted molar refractivity (Wildman–Crippen MR) is 114 cm³/mol. The van der Waals surface area contributed by atoms with Crippen molar-refractivity contribution in [2.45, 2.75) is 18.7 Å². The second-order valence-electron chi connectivity index (χ2n) is 7.47. The standard InChI is InChI=1S/C22H23FN4O3S/c1-16-7-3-5-9-20(16)27-17(2)18(15-24-27)22(28)25-11-13-26(14-12-25)31(29,30)21-10-6-4-8-19(21)23/h3-10,15H,11-14H2,1-2H3. The molecule has 2 aromatic carbocycles. The fourth-order valence-corrected chi connectivity index (χ4v) is 5.25. The normalized spacial score (nSPS) is 15.3. The van der Waals surface area contributed by atoms with Gasteiger partial charge in [0.05, 0.1) is 23.1 Å². The first kappa shape index (κ1) is 21.2. The van der Waals surface area contributed by atoms with Crippen molar-refractivity contribution in [3.05, 3.63) is 77.4 Å². The number of sulfonamides is 1. The molecule has 1 aromatic heterocycles. The molecule has 1 amide bonds. The monoisotopic (exact) mass is 442 g/mol. The third-order valence-corrected chi connectivity index (χ3v) is 7.50. The van der Waals surface area contributed by atoms with E-state index in [1.807, 2.05) is 38.1 Å². The van der Waals surface area contributed by atoms with Crippen molar-refractivity contribution in [3.63, 3.8) is 0 Å². The maximum atomic E-state index is 14.0. The van der Waals surface area contributed by atoms with Crippen molar-refractivity contribution in [2.24, 2.45) is 0 Å². The fraction of sp³-hybridized carbons (Fsp3) is 0.273. The number of halogens is 1. The Morgan fingerprint density at radius 3 is 2.29 bits per heavy atom. The maximum Gasteiger partial charge on any atom is 0.257 e. The fourth-order valence-electron chi connectivity index (χ4n) is 3.76. The minimum atomic E-state index is -3.95. The van der Waals surface area contributed by atoms with E-state index < -0.39 is 15.8 Å². The van der Waals surface area contributed by atoms with Crippen LogP contribution in [0.5, 0.6) is 0 Å². The highest BCUT2D eigenvalue weighted by molar-refractivity contribution is 7.89. The zero-order valence-electron chi connectivity index (χ0n) is 17.3. The van der Waals surface area contributed by atoms with E-state index >= 15 is 0 Å². The molecule has 4 rings (SSSR count). The van der Waals surface area contributed by atoms with Crippen LogP contribution in [0.15, 0.2) is 59.6 Å². The molecule has 1 aliphatic rings. The number of benzene rings is 2. The number of aromatic nitrogens is 2. The molecule has 9 heteroatoms. The lowest BCUT2D eigenvalue weighted by atomic mass is 10.2. The van der Waals surface area contributed by atoms with Crippen LogP contribution in [-0.4, -0.2) is 59.5 Å². The van der Waals surface area contributed by atoms with Gasteiger partial charge in [0.25, 0.3) is 5.91 Å². The SMILES string of the molecule is Cc1ccccc1-n1ncc(C(=O)N2CCN(S(=O)(=O)c3ccccc3F)CC2)c1C. The average molecular weight is 443 g/mol. The van der Waals surface area contributed by atoms with E-state index in [4.69, 9.17) is 0 Å². The van der Waals surface area contributed by atoms with Gasteiger partial charge in [0.15, 0.2) is 0 Å². The molecule has 3 aromatic rings. The summed E-state index contributed by atoms with van der Waals surface area (Å²) in [6.07, 6.45) is 1.55. The molecular weight excluding hydrogens is 419 g/mol. The highest BCUT2D eigenvalue weighted by atomic mass is 32.2. The Labute approximate surface area is 180 Å². The minimum absolute atomic E-state index is 0.105. The molecular formula is C22H23FN4O3S. The number of carbonyl (C=O) groups excluding carboxylic acids is 1. The van der Waals surface area contributed by atoms with Gasteiger partial charge in [0.1, 0.15) is 10.7 Å². The van der Waals surface area contributed by atoms with Crippen LogP contribution in [0.25, 0.3) is 5.69 Å². The van der Waals surface area contributed by atoms with Crippen molar-refractivity contribution >= 4 is 15.9 Å². The van der Waals surface area contributed by atoms with E-state index in [2.05, 4.69) is 5.10 Å². The van der Waals surface area contributed by atoms with E-state index in [9.17, 15) is 17.6 Å². The maximum absolute atomic E-state index is 14.0. The van der Waals surface area contributed by atoms with E-state index in [1.54, 1.807) is 15.8 Å². The number of hydrogen-bond donors (Lipinski definition) is 0. The quantitative estimate of drug-likeness (QED) is 0.623. The predicted octanol–water partition coefficient (Wildman–Crippen LogP) is 2.77. The van der Waals surface area contributed by atoms with Crippen molar-refractivity contribution < 1.29 is 17.6 Å². The first-order valence-corrected chi connectivity index (χ1v) is 11.4. The summed E-state index contributed by atoms with van der Waals surface area (Å²) in [4.78, 5) is 14.3. The van der Waals surface area contributed by atoms with Gasteiger partial charge in [-0.15, -0.1) is 0 Å². The molecule has 0 bridgehead atoms. The molecule has 1 fully saturated rings. The lowest BCUT2D eigenvalue weighted by molar-refractivity contribution is 0.0697. The molecule has 0 N–H and O–H groups in total. The molecule has 0 saturated carbocycles. The summed E-state index contributed by atoms with van der Waals surface area (Å²) in [5, 5.41) is 4.39. The zero-order valence-corrected chi connectivity index (χ0v) is 18.1. The smallest absolute Gasteiger partial charge is 0.257 e. The lowest BCUT2D eigenvalue weighted by Crippen LogP contribution is -2.50. The second kappa shape index (κ2) is 8.24. The Balaban J connectivity index is 1.50. The summed E-state index contributed by atoms with van der Waals surface area (Å²) in [7, 11) is -3.95. The summed E-state index contributed by atoms with van der Waals surface area (Å²) in [5.74, 6) is -0.972. The number of amides is 1. The molecule has 0 aliphatic carbocycles. The van der Waals surface area contributed by atoms with Crippen LogP contribution in [0, 0.1) is 19.7 Å². The van der Waals surface area contributed by atoms with Gasteiger partial charge in [0.2, 0.25) is 10.0 Å². The molecule has 1 aliphatic heterocycles. The van der Waals surface area contributed by atoms with Crippen molar-refractivity contribution in [1.29, 1.82) is 0 Å². The summed E-state index contributed by atoms with van der Waals surface area (Å²) in [6.45, 7) is 4.47. The van der Waals surface area contributed by atoms with Gasteiger partial charge in [0, 0.05) is 26.2 Å². The zero-order chi connectivity index (χ0) is 22.2. The molecule has 31 heavy (non-hydrogen) atoms. The van der Waals surface area contributed by atoms with Crippen molar-refractivity contribution in [1.82, 2.24) is 19.0 Å². The molecule has 0 spiro atoms. The summed E-state index contributed by atoms with van der Waals surface area (Å²) in [5.41, 5.74) is 3.15. The Bertz CT molecular complexity index is 1230. The highest BCUT2D eigenvalue weighted by Crippen LogP contribution is 2.22. The summed E-state index contributed by atoms with van der Waals surface area (Å²) in [6, 6.07) is 13.1. The third kappa shape index (κ3) is 3.86. The van der Waals surface area contributed by atoms with Gasteiger partial charge in [-0.3, -0.25) is 4.79 Å². The topological polar surface area (TPSA) is 75.5 Å². The Morgan fingerprint density at radius 1 is 0.968 bits per heavy atom. The highest BCUT2D eigenvalue weighted by Gasteiger charge is 2.32. The first-order chi connectivity index (χ1) is 14.8. The number of para-hydroxylation sites is 1. The number of rotatable bonds is 4. The van der Waals surface area contributed by atoms with E-state index in [0.29, 0.717) is 5.56 Å². The summed E-state index contributed by atoms with van der Waals surface area (Å²) >= 11 is 0. The van der Waals surface area contributed by atoms with E-state index in [0.717, 1.165) is 23.0 Å². The van der Waals surface area contributed by atoms with E-state index in [-0.39, 0.29) is 37.0 Å². The number of aryl methyl sites for hydroxylation is 1. The van der Waals surface area contributed by atoms with Crippen LogP contribution in [0.3, 0.4) is 0 Å². The average Bonchev–Trinajstić information content (AvgIpc) is 3.15. The van der Waals surface area contributed by atoms with Crippen LogP contribution in [0.1, 0.15) is 21.6 Å². The van der Waals surface area contributed by atoms with Gasteiger partial charge < -0.3 is 4.90 Å². The van der Waals surface area contributed by atoms with Gasteiger partial charge >= 0.3 is 0 Å². The molecule has 162 valence electrons. The second-order valence-corrected chi connectivity index (χ2v) is 9.38. The van der Waals surface area contributed by atoms with Crippen LogP contribution in [0.2, 0.25) is 0 Å². The Kier molecular flexibility index (Phi) is 5.63. The van der Waals surface area contributed by atoms with Crippen LogP contribution >= 0.6 is 0 Å².